The number of aliphatic imine (C=N–C) groups is 1. The quantitative estimate of drug-likeness (QED) is 0.420. The Kier molecular flexibility index (Phi) is 4.77. The van der Waals surface area contributed by atoms with Gasteiger partial charge in [0.2, 0.25) is 9.84 Å². The summed E-state index contributed by atoms with van der Waals surface area (Å²) in [5, 5.41) is 11.0. The number of benzene rings is 2. The van der Waals surface area contributed by atoms with Gasteiger partial charge < -0.3 is 4.74 Å². The third-order valence-corrected chi connectivity index (χ3v) is 7.27. The lowest BCUT2D eigenvalue weighted by molar-refractivity contribution is -0.384. The van der Waals surface area contributed by atoms with Crippen LogP contribution in [0, 0.1) is 16.0 Å². The van der Waals surface area contributed by atoms with E-state index in [1.165, 1.54) is 30.3 Å². The predicted octanol–water partition coefficient (Wildman–Crippen LogP) is 3.49. The minimum atomic E-state index is -3.90. The van der Waals surface area contributed by atoms with E-state index in [1.807, 2.05) is 0 Å². The van der Waals surface area contributed by atoms with Crippen LogP contribution in [-0.4, -0.2) is 31.6 Å². The highest BCUT2D eigenvalue weighted by molar-refractivity contribution is 7.96. The Hall–Kier alpha value is -3.33. The summed E-state index contributed by atoms with van der Waals surface area (Å²) in [6.07, 6.45) is 0. The highest BCUT2D eigenvalue weighted by Crippen LogP contribution is 2.51. The van der Waals surface area contributed by atoms with Crippen LogP contribution in [0.4, 0.5) is 5.69 Å². The Bertz CT molecular complexity index is 1230. The van der Waals surface area contributed by atoms with Crippen molar-refractivity contribution in [2.45, 2.75) is 24.7 Å². The summed E-state index contributed by atoms with van der Waals surface area (Å²) in [4.78, 5) is 28.0. The minimum Gasteiger partial charge on any atom is -0.465 e. The molecule has 30 heavy (non-hydrogen) atoms. The summed E-state index contributed by atoms with van der Waals surface area (Å²) in [6.45, 7) is 3.47. The van der Waals surface area contributed by atoms with Gasteiger partial charge in [0.25, 0.3) is 5.69 Å². The van der Waals surface area contributed by atoms with Gasteiger partial charge in [-0.1, -0.05) is 30.3 Å². The van der Waals surface area contributed by atoms with E-state index in [4.69, 9.17) is 4.74 Å². The third kappa shape index (κ3) is 2.93. The van der Waals surface area contributed by atoms with Gasteiger partial charge in [-0.05, 0) is 25.5 Å². The number of sulfone groups is 1. The number of nitro benzene ring substituents is 1. The van der Waals surface area contributed by atoms with Crippen molar-refractivity contribution in [2.24, 2.45) is 10.9 Å². The molecule has 0 fully saturated rings. The summed E-state index contributed by atoms with van der Waals surface area (Å²) in [6, 6.07) is 12.1. The van der Waals surface area contributed by atoms with Gasteiger partial charge in [-0.3, -0.25) is 19.9 Å². The third-order valence-electron chi connectivity index (χ3n) is 5.31. The van der Waals surface area contributed by atoms with Gasteiger partial charge >= 0.3 is 5.97 Å². The van der Waals surface area contributed by atoms with Gasteiger partial charge in [0.15, 0.2) is 0 Å². The number of nitro groups is 1. The maximum atomic E-state index is 13.4. The largest absolute Gasteiger partial charge is 0.465 e. The van der Waals surface area contributed by atoms with Gasteiger partial charge in [-0.2, -0.15) is 0 Å². The van der Waals surface area contributed by atoms with E-state index >= 15 is 0 Å². The second-order valence-corrected chi connectivity index (χ2v) is 8.91. The highest BCUT2D eigenvalue weighted by Gasteiger charge is 2.49. The van der Waals surface area contributed by atoms with Gasteiger partial charge in [0.1, 0.15) is 5.92 Å². The van der Waals surface area contributed by atoms with Crippen LogP contribution in [0.5, 0.6) is 0 Å². The molecule has 2 heterocycles. The zero-order valence-electron chi connectivity index (χ0n) is 16.2. The first kappa shape index (κ1) is 20.0. The first-order valence-electron chi connectivity index (χ1n) is 9.32. The van der Waals surface area contributed by atoms with Crippen molar-refractivity contribution in [2.75, 3.05) is 6.61 Å². The zero-order valence-corrected chi connectivity index (χ0v) is 17.0. The number of carbonyl (C=O) groups excluding carboxylic acids is 1. The number of hydrogen-bond donors (Lipinski definition) is 0. The van der Waals surface area contributed by atoms with Gasteiger partial charge in [0, 0.05) is 29.3 Å². The molecule has 0 spiro atoms. The lowest BCUT2D eigenvalue weighted by atomic mass is 9.80. The average Bonchev–Trinajstić information content (AvgIpc) is 2.94. The minimum absolute atomic E-state index is 0.0289. The molecule has 8 nitrogen and oxygen atoms in total. The van der Waals surface area contributed by atoms with Crippen molar-refractivity contribution in [3.05, 3.63) is 74.7 Å². The van der Waals surface area contributed by atoms with E-state index in [0.717, 1.165) is 0 Å². The zero-order chi connectivity index (χ0) is 21.6. The number of allylic oxidation sites excluding steroid dienone is 1. The number of nitrogens with zero attached hydrogens (tertiary/aromatic N) is 2. The molecule has 0 aromatic heterocycles. The smallest absolute Gasteiger partial charge is 0.315 e. The number of esters is 1. The van der Waals surface area contributed by atoms with Gasteiger partial charge in [-0.25, -0.2) is 8.42 Å². The Labute approximate surface area is 173 Å². The van der Waals surface area contributed by atoms with Crippen LogP contribution in [0.25, 0.3) is 5.70 Å². The molecule has 2 aliphatic rings. The molecular formula is C21H18N2O6S. The Morgan fingerprint density at radius 1 is 1.17 bits per heavy atom. The fourth-order valence-electron chi connectivity index (χ4n) is 4.03. The Morgan fingerprint density at radius 2 is 1.83 bits per heavy atom. The standard InChI is InChI=1S/C21H18N2O6S/c1-3-29-21(24)17-12(2)22-19-15-6-4-5-7-16(15)30(27,28)20(19)18(17)13-8-10-14(11-9-13)23(25)26/h4-11,17-18H,3H2,1-2H3/t17?,18-/m1/s1. The highest BCUT2D eigenvalue weighted by atomic mass is 32.2. The van der Waals surface area contributed by atoms with Gasteiger partial charge in [0.05, 0.1) is 27.0 Å². The Morgan fingerprint density at radius 3 is 2.47 bits per heavy atom. The van der Waals surface area contributed by atoms with E-state index in [9.17, 15) is 23.3 Å². The molecule has 0 bridgehead atoms. The maximum Gasteiger partial charge on any atom is 0.315 e. The van der Waals surface area contributed by atoms with Crippen molar-refractivity contribution < 1.29 is 22.9 Å². The van der Waals surface area contributed by atoms with E-state index in [1.54, 1.807) is 32.0 Å². The summed E-state index contributed by atoms with van der Waals surface area (Å²) >= 11 is 0. The summed E-state index contributed by atoms with van der Waals surface area (Å²) < 4.78 is 32.1. The van der Waals surface area contributed by atoms with Crippen LogP contribution < -0.4 is 0 Å². The normalized spacial score (nSPS) is 21.5. The van der Waals surface area contributed by atoms with Crippen molar-refractivity contribution >= 4 is 32.9 Å². The van der Waals surface area contributed by atoms with Crippen molar-refractivity contribution in [3.63, 3.8) is 0 Å². The molecule has 4 rings (SSSR count). The number of hydrogen-bond acceptors (Lipinski definition) is 7. The second kappa shape index (κ2) is 7.17. The number of carbonyl (C=O) groups is 1. The van der Waals surface area contributed by atoms with E-state index in [-0.39, 0.29) is 22.1 Å². The van der Waals surface area contributed by atoms with Crippen LogP contribution in [0.1, 0.15) is 30.9 Å². The van der Waals surface area contributed by atoms with Crippen molar-refractivity contribution in [3.8, 4) is 0 Å². The van der Waals surface area contributed by atoms with E-state index < -0.39 is 32.6 Å². The van der Waals surface area contributed by atoms with Crippen molar-refractivity contribution in [1.29, 1.82) is 0 Å². The molecule has 0 N–H and O–H groups in total. The fraction of sp³-hybridized carbons (Fsp3) is 0.238. The van der Waals surface area contributed by atoms with Crippen LogP contribution in [0.2, 0.25) is 0 Å². The van der Waals surface area contributed by atoms with Crippen LogP contribution in [0.3, 0.4) is 0 Å². The van der Waals surface area contributed by atoms with Gasteiger partial charge in [-0.15, -0.1) is 0 Å². The first-order chi connectivity index (χ1) is 14.3. The van der Waals surface area contributed by atoms with Crippen LogP contribution in [-0.2, 0) is 19.4 Å². The molecular weight excluding hydrogens is 408 g/mol. The van der Waals surface area contributed by atoms with Crippen molar-refractivity contribution in [1.82, 2.24) is 0 Å². The number of ether oxygens (including phenoxy) is 1. The molecule has 1 unspecified atom stereocenters. The fourth-order valence-corrected chi connectivity index (χ4v) is 5.99. The maximum absolute atomic E-state index is 13.4. The number of non-ortho nitro benzene ring substituents is 1. The molecule has 154 valence electrons. The number of fused-ring (bicyclic) bond motifs is 2. The summed E-state index contributed by atoms with van der Waals surface area (Å²) in [7, 11) is -3.90. The predicted molar refractivity (Wildman–Crippen MR) is 110 cm³/mol. The molecule has 0 amide bonds. The second-order valence-electron chi connectivity index (χ2n) is 7.02. The van der Waals surface area contributed by atoms with Crippen LogP contribution >= 0.6 is 0 Å². The SMILES string of the molecule is CCOC(=O)C1C(C)=NC2=C([C@@H]1c1ccc([N+](=O)[O-])cc1)S(=O)(=O)c1ccccc12. The lowest BCUT2D eigenvalue weighted by Crippen LogP contribution is -2.35. The summed E-state index contributed by atoms with van der Waals surface area (Å²) in [5.41, 5.74) is 1.58. The molecule has 9 heteroatoms. The molecule has 0 radical (unpaired) electrons. The van der Waals surface area contributed by atoms with E-state index in [2.05, 4.69) is 4.99 Å². The molecule has 2 aromatic carbocycles. The van der Waals surface area contributed by atoms with Crippen LogP contribution in [0.15, 0.2) is 63.3 Å². The topological polar surface area (TPSA) is 116 Å². The average molecular weight is 426 g/mol. The van der Waals surface area contributed by atoms with E-state index in [0.29, 0.717) is 22.5 Å². The Balaban J connectivity index is 1.96. The summed E-state index contributed by atoms with van der Waals surface area (Å²) in [5.74, 6) is -2.43. The number of rotatable bonds is 4. The first-order valence-corrected chi connectivity index (χ1v) is 10.8. The molecule has 2 atom stereocenters. The molecule has 0 aliphatic carbocycles. The molecule has 0 saturated heterocycles. The monoisotopic (exact) mass is 426 g/mol. The molecule has 2 aliphatic heterocycles. The lowest BCUT2D eigenvalue weighted by Gasteiger charge is -2.30. The molecule has 0 saturated carbocycles. The molecule has 2 aromatic rings.